The molecule has 0 fully saturated rings. The predicted molar refractivity (Wildman–Crippen MR) is 88.8 cm³/mol. The van der Waals surface area contributed by atoms with Gasteiger partial charge in [-0.2, -0.15) is 4.31 Å². The minimum absolute atomic E-state index is 0.288. The number of benzene rings is 2. The molecule has 2 aromatic rings. The van der Waals surface area contributed by atoms with E-state index in [4.69, 9.17) is 0 Å². The van der Waals surface area contributed by atoms with Crippen LogP contribution in [0.3, 0.4) is 0 Å². The molecule has 0 atom stereocenters. The molecular weight excluding hydrogens is 352 g/mol. The van der Waals surface area contributed by atoms with Crippen LogP contribution in [-0.2, 0) is 16.6 Å². The first-order valence-corrected chi connectivity index (χ1v) is 8.66. The van der Waals surface area contributed by atoms with Gasteiger partial charge in [-0.1, -0.05) is 34.1 Å². The second-order valence-corrected chi connectivity index (χ2v) is 7.53. The third-order valence-corrected chi connectivity index (χ3v) is 5.79. The number of halogens is 1. The van der Waals surface area contributed by atoms with Gasteiger partial charge >= 0.3 is 0 Å². The van der Waals surface area contributed by atoms with Crippen molar-refractivity contribution in [2.24, 2.45) is 0 Å². The average Bonchev–Trinajstić information content (AvgIpc) is 2.49. The van der Waals surface area contributed by atoms with Gasteiger partial charge in [-0.05, 0) is 35.9 Å². The van der Waals surface area contributed by atoms with Crippen LogP contribution in [0.5, 0.6) is 0 Å². The normalized spacial score (nSPS) is 11.6. The molecule has 0 heterocycles. The monoisotopic (exact) mass is 368 g/mol. The largest absolute Gasteiger partial charge is 0.388 e. The summed E-state index contributed by atoms with van der Waals surface area (Å²) in [6.07, 6.45) is 0. The number of nitrogens with zero attached hydrogens (tertiary/aromatic N) is 1. The molecule has 0 saturated heterocycles. The zero-order chi connectivity index (χ0) is 15.5. The van der Waals surface area contributed by atoms with Gasteiger partial charge in [-0.15, -0.1) is 0 Å². The maximum Gasteiger partial charge on any atom is 0.243 e. The molecule has 0 aliphatic heterocycles. The van der Waals surface area contributed by atoms with E-state index in [-0.39, 0.29) is 4.90 Å². The van der Waals surface area contributed by atoms with Gasteiger partial charge in [0, 0.05) is 30.8 Å². The van der Waals surface area contributed by atoms with Gasteiger partial charge in [-0.25, -0.2) is 8.42 Å². The van der Waals surface area contributed by atoms with Crippen molar-refractivity contribution in [1.82, 2.24) is 4.31 Å². The third kappa shape index (κ3) is 3.64. The molecule has 0 spiro atoms. The first kappa shape index (κ1) is 16.0. The highest BCUT2D eigenvalue weighted by molar-refractivity contribution is 9.10. The third-order valence-electron chi connectivity index (χ3n) is 3.20. The standard InChI is InChI=1S/C15H17BrN2O2S/c1-17-13-7-9-14(10-8-13)21(19,20)18(2)11-12-5-3-4-6-15(12)16/h3-10,17H,11H2,1-2H3. The molecule has 0 aliphatic carbocycles. The van der Waals surface area contributed by atoms with Gasteiger partial charge in [0.1, 0.15) is 0 Å². The molecule has 0 radical (unpaired) electrons. The zero-order valence-electron chi connectivity index (χ0n) is 11.9. The van der Waals surface area contributed by atoms with Crippen molar-refractivity contribution in [1.29, 1.82) is 0 Å². The lowest BCUT2D eigenvalue weighted by Crippen LogP contribution is -2.26. The Labute approximate surface area is 134 Å². The molecule has 0 aromatic heterocycles. The Morgan fingerprint density at radius 3 is 2.29 bits per heavy atom. The second-order valence-electron chi connectivity index (χ2n) is 4.63. The van der Waals surface area contributed by atoms with Crippen LogP contribution in [0.2, 0.25) is 0 Å². The molecule has 0 saturated carbocycles. The fourth-order valence-electron chi connectivity index (χ4n) is 1.93. The summed E-state index contributed by atoms with van der Waals surface area (Å²) < 4.78 is 27.3. The fraction of sp³-hybridized carbons (Fsp3) is 0.200. The Bertz CT molecular complexity index is 715. The van der Waals surface area contributed by atoms with E-state index in [0.717, 1.165) is 15.7 Å². The van der Waals surface area contributed by atoms with Crippen molar-refractivity contribution in [3.8, 4) is 0 Å². The topological polar surface area (TPSA) is 49.4 Å². The van der Waals surface area contributed by atoms with E-state index < -0.39 is 10.0 Å². The fourth-order valence-corrected chi connectivity index (χ4v) is 3.48. The van der Waals surface area contributed by atoms with Gasteiger partial charge in [0.15, 0.2) is 0 Å². The van der Waals surface area contributed by atoms with Crippen molar-refractivity contribution in [3.05, 3.63) is 58.6 Å². The minimum atomic E-state index is -3.49. The molecule has 0 bridgehead atoms. The predicted octanol–water partition coefficient (Wildman–Crippen LogP) is 3.31. The summed E-state index contributed by atoms with van der Waals surface area (Å²) in [5, 5.41) is 2.97. The number of rotatable bonds is 5. The van der Waals surface area contributed by atoms with Crippen LogP contribution in [0.15, 0.2) is 57.9 Å². The van der Waals surface area contributed by atoms with Crippen molar-refractivity contribution in [2.75, 3.05) is 19.4 Å². The van der Waals surface area contributed by atoms with Crippen LogP contribution in [0, 0.1) is 0 Å². The van der Waals surface area contributed by atoms with Crippen LogP contribution in [0.4, 0.5) is 5.69 Å². The van der Waals surface area contributed by atoms with Crippen molar-refractivity contribution in [2.45, 2.75) is 11.4 Å². The molecule has 21 heavy (non-hydrogen) atoms. The molecule has 0 aliphatic rings. The summed E-state index contributed by atoms with van der Waals surface area (Å²) in [7, 11) is -0.116. The Kier molecular flexibility index (Phi) is 5.03. The Morgan fingerprint density at radius 2 is 1.71 bits per heavy atom. The molecular formula is C15H17BrN2O2S. The van der Waals surface area contributed by atoms with E-state index in [1.165, 1.54) is 4.31 Å². The number of anilines is 1. The van der Waals surface area contributed by atoms with Crippen LogP contribution in [0.25, 0.3) is 0 Å². The first-order valence-electron chi connectivity index (χ1n) is 6.42. The van der Waals surface area contributed by atoms with E-state index in [1.54, 1.807) is 38.4 Å². The van der Waals surface area contributed by atoms with Crippen LogP contribution in [-0.4, -0.2) is 26.8 Å². The molecule has 2 rings (SSSR count). The Morgan fingerprint density at radius 1 is 1.10 bits per heavy atom. The number of hydrogen-bond donors (Lipinski definition) is 1. The highest BCUT2D eigenvalue weighted by atomic mass is 79.9. The van der Waals surface area contributed by atoms with Gasteiger partial charge in [0.25, 0.3) is 0 Å². The van der Waals surface area contributed by atoms with Gasteiger partial charge < -0.3 is 5.32 Å². The number of hydrogen-bond acceptors (Lipinski definition) is 3. The highest BCUT2D eigenvalue weighted by Crippen LogP contribution is 2.22. The maximum atomic E-state index is 12.5. The average molecular weight is 369 g/mol. The molecule has 112 valence electrons. The highest BCUT2D eigenvalue weighted by Gasteiger charge is 2.21. The lowest BCUT2D eigenvalue weighted by Gasteiger charge is -2.18. The van der Waals surface area contributed by atoms with Crippen molar-refractivity contribution in [3.63, 3.8) is 0 Å². The molecule has 4 nitrogen and oxygen atoms in total. The SMILES string of the molecule is CNc1ccc(S(=O)(=O)N(C)Cc2ccccc2Br)cc1. The van der Waals surface area contributed by atoms with E-state index in [2.05, 4.69) is 21.2 Å². The lowest BCUT2D eigenvalue weighted by molar-refractivity contribution is 0.466. The summed E-state index contributed by atoms with van der Waals surface area (Å²) in [4.78, 5) is 0.288. The Balaban J connectivity index is 2.24. The Hall–Kier alpha value is -1.37. The summed E-state index contributed by atoms with van der Waals surface area (Å²) in [6, 6.07) is 14.3. The van der Waals surface area contributed by atoms with Crippen LogP contribution >= 0.6 is 15.9 Å². The summed E-state index contributed by atoms with van der Waals surface area (Å²) >= 11 is 3.44. The number of sulfonamides is 1. The zero-order valence-corrected chi connectivity index (χ0v) is 14.3. The van der Waals surface area contributed by atoms with E-state index in [9.17, 15) is 8.42 Å². The van der Waals surface area contributed by atoms with E-state index in [0.29, 0.717) is 6.54 Å². The van der Waals surface area contributed by atoms with Gasteiger partial charge in [-0.3, -0.25) is 0 Å². The molecule has 0 amide bonds. The summed E-state index contributed by atoms with van der Waals surface area (Å²) in [6.45, 7) is 0.317. The van der Waals surface area contributed by atoms with E-state index in [1.807, 2.05) is 24.3 Å². The quantitative estimate of drug-likeness (QED) is 0.880. The molecule has 2 aromatic carbocycles. The van der Waals surface area contributed by atoms with Crippen molar-refractivity contribution < 1.29 is 8.42 Å². The summed E-state index contributed by atoms with van der Waals surface area (Å²) in [5.41, 5.74) is 1.80. The number of nitrogens with one attached hydrogen (secondary N) is 1. The van der Waals surface area contributed by atoms with E-state index >= 15 is 0 Å². The second kappa shape index (κ2) is 6.60. The van der Waals surface area contributed by atoms with Crippen LogP contribution in [0.1, 0.15) is 5.56 Å². The molecule has 1 N–H and O–H groups in total. The van der Waals surface area contributed by atoms with Gasteiger partial charge in [0.05, 0.1) is 4.90 Å². The maximum absolute atomic E-state index is 12.5. The summed E-state index contributed by atoms with van der Waals surface area (Å²) in [5.74, 6) is 0. The molecule has 6 heteroatoms. The minimum Gasteiger partial charge on any atom is -0.388 e. The van der Waals surface area contributed by atoms with Crippen molar-refractivity contribution >= 4 is 31.6 Å². The van der Waals surface area contributed by atoms with Crippen LogP contribution < -0.4 is 5.32 Å². The first-order chi connectivity index (χ1) is 9.95. The molecule has 0 unspecified atom stereocenters. The smallest absolute Gasteiger partial charge is 0.243 e. The lowest BCUT2D eigenvalue weighted by atomic mass is 10.2. The van der Waals surface area contributed by atoms with Gasteiger partial charge in [0.2, 0.25) is 10.0 Å².